The molecule has 0 fully saturated rings. The van der Waals surface area contributed by atoms with Gasteiger partial charge in [-0.15, -0.1) is 0 Å². The molecule has 0 aliphatic rings. The summed E-state index contributed by atoms with van der Waals surface area (Å²) in [6.45, 7) is 4.50. The Hall–Kier alpha value is -4.05. The molecule has 0 aliphatic carbocycles. The Balaban J connectivity index is -0.000000729. The fraction of sp³-hybridized carbons (Fsp3) is 0.286. The normalized spacial score (nSPS) is 10.1. The number of aliphatic imine (C=N–C) groups is 2. The maximum absolute atomic E-state index is 11.2. The molecule has 0 bridgehead atoms. The molecule has 18 heteroatoms. The summed E-state index contributed by atoms with van der Waals surface area (Å²) in [7, 11) is 0. The van der Waals surface area contributed by atoms with Crippen LogP contribution < -0.4 is 9.46 Å². The van der Waals surface area contributed by atoms with Crippen molar-refractivity contribution in [2.45, 2.75) is 13.8 Å². The Bertz CT molecular complexity index is 832. The Labute approximate surface area is 190 Å². The Morgan fingerprint density at radius 1 is 0.844 bits per heavy atom. The molecule has 2 heterocycles. The predicted molar refractivity (Wildman–Crippen MR) is 105 cm³/mol. The van der Waals surface area contributed by atoms with Crippen LogP contribution >= 0.6 is 0 Å². The monoisotopic (exact) mass is 500 g/mol. The van der Waals surface area contributed by atoms with Gasteiger partial charge < -0.3 is 46.5 Å². The molecule has 0 saturated carbocycles. The van der Waals surface area contributed by atoms with Gasteiger partial charge in [-0.2, -0.15) is 9.46 Å². The van der Waals surface area contributed by atoms with Crippen LogP contribution in [0, 0.1) is 41.1 Å². The number of hydrogen-bond acceptors (Lipinski definition) is 12. The van der Waals surface area contributed by atoms with Crippen LogP contribution in [0.3, 0.4) is 0 Å². The fourth-order valence-corrected chi connectivity index (χ4v) is 1.72. The Morgan fingerprint density at radius 2 is 1.12 bits per heavy atom. The molecule has 2 rings (SSSR count). The van der Waals surface area contributed by atoms with Gasteiger partial charge in [-0.1, -0.05) is 0 Å². The van der Waals surface area contributed by atoms with E-state index in [1.54, 1.807) is 13.8 Å². The Kier molecular flexibility index (Phi) is 18.1. The van der Waals surface area contributed by atoms with E-state index in [0.29, 0.717) is 45.4 Å². The predicted octanol–water partition coefficient (Wildman–Crippen LogP) is -1.24. The van der Waals surface area contributed by atoms with Crippen LogP contribution in [0.1, 0.15) is 25.2 Å². The van der Waals surface area contributed by atoms with E-state index in [0.717, 1.165) is 0 Å². The van der Waals surface area contributed by atoms with Crippen LogP contribution in [-0.2, 0) is 16.5 Å². The van der Waals surface area contributed by atoms with Gasteiger partial charge in [0, 0.05) is 0 Å². The molecule has 0 aliphatic heterocycles. The zero-order valence-electron chi connectivity index (χ0n) is 16.5. The number of rotatable bonds is 5. The molecular weight excluding hydrogens is 483 g/mol. The minimum atomic E-state index is -1.75. The third-order valence-corrected chi connectivity index (χ3v) is 2.89. The average molecular weight is 501 g/mol. The molecule has 0 radical (unpaired) electrons. The molecule has 2 aromatic heterocycles. The molecule has 0 amide bonds. The van der Waals surface area contributed by atoms with Crippen molar-refractivity contribution in [3.8, 4) is 0 Å². The second kappa shape index (κ2) is 17.8. The molecule has 0 aromatic carbocycles. The van der Waals surface area contributed by atoms with Crippen molar-refractivity contribution < 1.29 is 41.6 Å². The maximum Gasteiger partial charge on any atom is 2.00 e. The summed E-state index contributed by atoms with van der Waals surface area (Å²) < 4.78 is 1.37. The van der Waals surface area contributed by atoms with Crippen LogP contribution in [0.4, 0.5) is 0 Å². The van der Waals surface area contributed by atoms with Crippen LogP contribution in [-0.4, -0.2) is 50.1 Å². The SMILES string of the molecule is CC(=NCCN=C(C)c1c[n+]([O-])ccn1)c1c[n+]([O-])ccn1.O.O=[N+]([O-])[O-].O=[N+]([O-])[O-].[Ni+2]. The van der Waals surface area contributed by atoms with Gasteiger partial charge in [0.25, 0.3) is 0 Å². The minimum absolute atomic E-state index is 0. The summed E-state index contributed by atoms with van der Waals surface area (Å²) in [5.74, 6) is 0. The standard InChI is InChI=1S/C14H16N6O2.2NO3.Ni.H2O/c1-11(13-9-19(21)7-5-17-13)15-3-4-16-12(2)14-10-20(22)8-6-18-14;2*2-1(3)4;;/h5-10H,3-4H2,1-2H3;;;;1H2/q;2*-1;+2;. The first-order chi connectivity index (χ1) is 14.0. The molecule has 2 aromatic rings. The molecule has 32 heavy (non-hydrogen) atoms. The summed E-state index contributed by atoms with van der Waals surface area (Å²) >= 11 is 0. The van der Waals surface area contributed by atoms with Gasteiger partial charge in [0.15, 0.2) is 12.4 Å². The molecule has 178 valence electrons. The van der Waals surface area contributed by atoms with Crippen LogP contribution in [0.5, 0.6) is 0 Å². The number of aromatic nitrogens is 4. The van der Waals surface area contributed by atoms with E-state index in [1.165, 1.54) is 37.2 Å². The molecular formula is C14H18N8NiO9. The van der Waals surface area contributed by atoms with Crippen LogP contribution in [0.2, 0.25) is 0 Å². The first kappa shape index (κ1) is 32.6. The summed E-state index contributed by atoms with van der Waals surface area (Å²) in [6.07, 6.45) is 8.24. The van der Waals surface area contributed by atoms with Crippen molar-refractivity contribution in [2.24, 2.45) is 9.98 Å². The summed E-state index contributed by atoms with van der Waals surface area (Å²) in [5, 5.41) is 51.8. The molecule has 2 N–H and O–H groups in total. The third-order valence-electron chi connectivity index (χ3n) is 2.89. The van der Waals surface area contributed by atoms with Crippen molar-refractivity contribution in [1.29, 1.82) is 0 Å². The molecule has 17 nitrogen and oxygen atoms in total. The quantitative estimate of drug-likeness (QED) is 0.0893. The van der Waals surface area contributed by atoms with Gasteiger partial charge in [-0.05, 0) is 13.8 Å². The van der Waals surface area contributed by atoms with E-state index in [1.807, 2.05) is 0 Å². The van der Waals surface area contributed by atoms with Crippen LogP contribution in [0.25, 0.3) is 0 Å². The van der Waals surface area contributed by atoms with Crippen molar-refractivity contribution in [1.82, 2.24) is 9.97 Å². The largest absolute Gasteiger partial charge is 2.00 e. The van der Waals surface area contributed by atoms with Gasteiger partial charge in [-0.25, -0.2) is 9.97 Å². The van der Waals surface area contributed by atoms with E-state index < -0.39 is 10.2 Å². The molecule has 0 unspecified atom stereocenters. The van der Waals surface area contributed by atoms with Gasteiger partial charge in [0.05, 0.1) is 47.1 Å². The van der Waals surface area contributed by atoms with E-state index in [2.05, 4.69) is 20.0 Å². The fourth-order valence-electron chi connectivity index (χ4n) is 1.72. The molecule has 0 atom stereocenters. The smallest absolute Gasteiger partial charge is 0.619 e. The van der Waals surface area contributed by atoms with Gasteiger partial charge in [-0.3, -0.25) is 9.98 Å². The molecule has 0 saturated heterocycles. The van der Waals surface area contributed by atoms with E-state index >= 15 is 0 Å². The Morgan fingerprint density at radius 3 is 1.38 bits per heavy atom. The maximum atomic E-state index is 11.2. The second-order valence-electron chi connectivity index (χ2n) is 4.98. The summed E-state index contributed by atoms with van der Waals surface area (Å²) in [4.78, 5) is 33.3. The topological polar surface area (TPSA) is 268 Å². The first-order valence-corrected chi connectivity index (χ1v) is 7.78. The summed E-state index contributed by atoms with van der Waals surface area (Å²) in [5.41, 5.74) is 2.42. The minimum Gasteiger partial charge on any atom is -0.619 e. The number of nitrogens with zero attached hydrogens (tertiary/aromatic N) is 8. The van der Waals surface area contributed by atoms with Gasteiger partial charge in [0.2, 0.25) is 12.4 Å². The molecule has 0 spiro atoms. The van der Waals surface area contributed by atoms with E-state index in [9.17, 15) is 10.4 Å². The van der Waals surface area contributed by atoms with E-state index in [4.69, 9.17) is 30.6 Å². The van der Waals surface area contributed by atoms with Crippen molar-refractivity contribution >= 4 is 11.4 Å². The van der Waals surface area contributed by atoms with Crippen LogP contribution in [0.15, 0.2) is 47.2 Å². The average Bonchev–Trinajstić information content (AvgIpc) is 2.64. The van der Waals surface area contributed by atoms with Crippen molar-refractivity contribution in [3.05, 3.63) is 89.6 Å². The zero-order chi connectivity index (χ0) is 23.1. The van der Waals surface area contributed by atoms with Crippen molar-refractivity contribution in [2.75, 3.05) is 13.1 Å². The van der Waals surface area contributed by atoms with Crippen molar-refractivity contribution in [3.63, 3.8) is 0 Å². The number of hydrogen-bond donors (Lipinski definition) is 0. The third kappa shape index (κ3) is 16.9. The first-order valence-electron chi connectivity index (χ1n) is 7.78. The van der Waals surface area contributed by atoms with E-state index in [-0.39, 0.29) is 22.0 Å². The zero-order valence-corrected chi connectivity index (χ0v) is 17.5. The van der Waals surface area contributed by atoms with Gasteiger partial charge >= 0.3 is 16.5 Å². The second-order valence-corrected chi connectivity index (χ2v) is 4.98. The van der Waals surface area contributed by atoms with Gasteiger partial charge in [0.1, 0.15) is 11.4 Å². The summed E-state index contributed by atoms with van der Waals surface area (Å²) in [6, 6.07) is 0.